The predicted octanol–water partition coefficient (Wildman–Crippen LogP) is 6.83. The van der Waals surface area contributed by atoms with E-state index in [9.17, 15) is 0 Å². The molecular weight excluding hydrogens is 424 g/mol. The molecule has 0 aliphatic rings. The van der Waals surface area contributed by atoms with Gasteiger partial charge >= 0.3 is 0 Å². The van der Waals surface area contributed by atoms with Gasteiger partial charge in [0, 0.05) is 32.4 Å². The van der Waals surface area contributed by atoms with E-state index in [4.69, 9.17) is 4.74 Å². The van der Waals surface area contributed by atoms with Gasteiger partial charge in [0.2, 0.25) is 0 Å². The third-order valence-corrected chi connectivity index (χ3v) is 6.19. The van der Waals surface area contributed by atoms with E-state index in [0.717, 1.165) is 31.9 Å². The molecule has 1 heterocycles. The normalized spacial score (nSPS) is 11.5. The van der Waals surface area contributed by atoms with Gasteiger partial charge in [-0.15, -0.1) is 0 Å². The van der Waals surface area contributed by atoms with Crippen LogP contribution in [0.4, 0.5) is 5.69 Å². The minimum absolute atomic E-state index is 0.409. The predicted molar refractivity (Wildman–Crippen MR) is 142 cm³/mol. The summed E-state index contributed by atoms with van der Waals surface area (Å²) in [6.07, 6.45) is 4.04. The highest BCUT2D eigenvalue weighted by Gasteiger charge is 2.10. The smallest absolute Gasteiger partial charge is 0.123 e. The molecule has 3 nitrogen and oxygen atoms in total. The van der Waals surface area contributed by atoms with Gasteiger partial charge in [0.05, 0.1) is 0 Å². The molecule has 0 amide bonds. The quantitative estimate of drug-likeness (QED) is 0.337. The van der Waals surface area contributed by atoms with Crippen LogP contribution in [-0.4, -0.2) is 30.7 Å². The number of hydrogen-bond donors (Lipinski definition) is 1. The Morgan fingerprint density at radius 3 is 2.64 bits per heavy atom. The summed E-state index contributed by atoms with van der Waals surface area (Å²) in [5.74, 6) is 6.19. The van der Waals surface area contributed by atoms with Gasteiger partial charge in [-0.3, -0.25) is 4.90 Å². The minimum Gasteiger partial charge on any atom is -0.381 e. The number of methoxy groups -OCH3 is 1. The Hall–Kier alpha value is -2.84. The highest BCUT2D eigenvalue weighted by molar-refractivity contribution is 7.08. The zero-order valence-electron chi connectivity index (χ0n) is 20.1. The van der Waals surface area contributed by atoms with Crippen molar-refractivity contribution in [3.8, 4) is 23.0 Å². The fraction of sp³-hybridized carbons (Fsp3) is 0.310. The van der Waals surface area contributed by atoms with Crippen LogP contribution in [0.15, 0.2) is 77.5 Å². The second kappa shape index (κ2) is 12.4. The van der Waals surface area contributed by atoms with Crippen molar-refractivity contribution in [1.82, 2.24) is 4.90 Å². The van der Waals surface area contributed by atoms with Crippen LogP contribution < -0.4 is 5.32 Å². The van der Waals surface area contributed by atoms with Gasteiger partial charge in [0.25, 0.3) is 0 Å². The van der Waals surface area contributed by atoms with Crippen molar-refractivity contribution in [3.05, 3.63) is 88.6 Å². The fourth-order valence-corrected chi connectivity index (χ4v) is 4.03. The number of rotatable bonds is 10. The average Bonchev–Trinajstić information content (AvgIpc) is 3.37. The van der Waals surface area contributed by atoms with Gasteiger partial charge < -0.3 is 10.1 Å². The van der Waals surface area contributed by atoms with E-state index in [2.05, 4.69) is 100 Å². The summed E-state index contributed by atoms with van der Waals surface area (Å²) >= 11 is 1.73. The van der Waals surface area contributed by atoms with Crippen LogP contribution in [0.25, 0.3) is 11.1 Å². The van der Waals surface area contributed by atoms with E-state index in [-0.39, 0.29) is 0 Å². The Morgan fingerprint density at radius 2 is 1.88 bits per heavy atom. The molecule has 2 aromatic carbocycles. The SMILES string of the molecule is CCN(C/C=C/C#CC(C)(C)OC)Cc1cccc(NCc2cccc(-c3ccsc3)c2)c1. The summed E-state index contributed by atoms with van der Waals surface area (Å²) in [6.45, 7) is 9.68. The molecule has 0 bridgehead atoms. The van der Waals surface area contributed by atoms with Crippen molar-refractivity contribution >= 4 is 17.0 Å². The van der Waals surface area contributed by atoms with Crippen LogP contribution >= 0.6 is 11.3 Å². The first-order valence-corrected chi connectivity index (χ1v) is 12.3. The summed E-state index contributed by atoms with van der Waals surface area (Å²) in [4.78, 5) is 2.39. The molecule has 4 heteroatoms. The third kappa shape index (κ3) is 8.22. The van der Waals surface area contributed by atoms with Gasteiger partial charge in [0.15, 0.2) is 0 Å². The number of ether oxygens (including phenoxy) is 1. The first-order chi connectivity index (χ1) is 16.0. The van der Waals surface area contributed by atoms with Gasteiger partial charge in [-0.1, -0.05) is 55.2 Å². The molecule has 1 N–H and O–H groups in total. The lowest BCUT2D eigenvalue weighted by Crippen LogP contribution is -2.22. The van der Waals surface area contributed by atoms with Crippen molar-refractivity contribution < 1.29 is 4.74 Å². The first kappa shape index (κ1) is 24.8. The number of likely N-dealkylation sites (N-methyl/N-ethyl adjacent to an activating group) is 1. The van der Waals surface area contributed by atoms with Crippen molar-refractivity contribution in [3.63, 3.8) is 0 Å². The van der Waals surface area contributed by atoms with E-state index in [1.165, 1.54) is 22.3 Å². The van der Waals surface area contributed by atoms with E-state index in [1.54, 1.807) is 18.4 Å². The molecule has 0 unspecified atom stereocenters. The van der Waals surface area contributed by atoms with Crippen LogP contribution in [0.3, 0.4) is 0 Å². The molecule has 0 spiro atoms. The molecule has 1 aromatic heterocycles. The molecular formula is C29H34N2OS. The molecule has 0 saturated heterocycles. The Kier molecular flexibility index (Phi) is 9.33. The molecule has 0 atom stereocenters. The van der Waals surface area contributed by atoms with E-state index < -0.39 is 5.60 Å². The summed E-state index contributed by atoms with van der Waals surface area (Å²) in [5.41, 5.74) is 5.87. The van der Waals surface area contributed by atoms with Gasteiger partial charge in [-0.05, 0) is 83.7 Å². The van der Waals surface area contributed by atoms with E-state index >= 15 is 0 Å². The van der Waals surface area contributed by atoms with Gasteiger partial charge in [-0.25, -0.2) is 0 Å². The van der Waals surface area contributed by atoms with E-state index in [1.807, 2.05) is 19.9 Å². The molecule has 33 heavy (non-hydrogen) atoms. The lowest BCUT2D eigenvalue weighted by molar-refractivity contribution is 0.0742. The number of hydrogen-bond acceptors (Lipinski definition) is 4. The van der Waals surface area contributed by atoms with Crippen LogP contribution in [0.1, 0.15) is 31.9 Å². The third-order valence-electron chi connectivity index (χ3n) is 5.51. The standard InChI is InChI=1S/C29H34N2OS/c1-5-31(17-8-6-7-16-29(2,3)32-4)22-25-12-10-14-28(20-25)30-21-24-11-9-13-26(19-24)27-15-18-33-23-27/h6,8-15,18-20,23,30H,5,17,21-22H2,1-4H3/b8-6+. The molecule has 0 fully saturated rings. The lowest BCUT2D eigenvalue weighted by Gasteiger charge is -2.19. The van der Waals surface area contributed by atoms with Crippen LogP contribution in [0.2, 0.25) is 0 Å². The highest BCUT2D eigenvalue weighted by atomic mass is 32.1. The monoisotopic (exact) mass is 458 g/mol. The summed E-state index contributed by atoms with van der Waals surface area (Å²) in [7, 11) is 1.68. The maximum absolute atomic E-state index is 5.32. The van der Waals surface area contributed by atoms with Crippen LogP contribution in [0, 0.1) is 11.8 Å². The molecule has 3 aromatic rings. The fourth-order valence-electron chi connectivity index (χ4n) is 3.36. The first-order valence-electron chi connectivity index (χ1n) is 11.4. The molecule has 0 saturated carbocycles. The van der Waals surface area contributed by atoms with Crippen molar-refractivity contribution in [2.24, 2.45) is 0 Å². The largest absolute Gasteiger partial charge is 0.381 e. The second-order valence-electron chi connectivity index (χ2n) is 8.48. The number of allylic oxidation sites excluding steroid dienone is 1. The Balaban J connectivity index is 1.55. The molecule has 3 rings (SSSR count). The Bertz CT molecular complexity index is 1090. The number of nitrogens with zero attached hydrogens (tertiary/aromatic N) is 1. The number of benzene rings is 2. The zero-order valence-corrected chi connectivity index (χ0v) is 20.9. The van der Waals surface area contributed by atoms with Gasteiger partial charge in [-0.2, -0.15) is 11.3 Å². The lowest BCUT2D eigenvalue weighted by atomic mass is 10.1. The molecule has 0 radical (unpaired) electrons. The number of anilines is 1. The van der Waals surface area contributed by atoms with Crippen LogP contribution in [-0.2, 0) is 17.8 Å². The zero-order chi connectivity index (χ0) is 23.5. The Morgan fingerprint density at radius 1 is 1.06 bits per heavy atom. The molecule has 0 aliphatic heterocycles. The van der Waals surface area contributed by atoms with Crippen molar-refractivity contribution in [2.45, 2.75) is 39.5 Å². The topological polar surface area (TPSA) is 24.5 Å². The number of nitrogens with one attached hydrogen (secondary N) is 1. The second-order valence-corrected chi connectivity index (χ2v) is 9.26. The maximum atomic E-state index is 5.32. The van der Waals surface area contributed by atoms with Crippen LogP contribution in [0.5, 0.6) is 0 Å². The van der Waals surface area contributed by atoms with Gasteiger partial charge in [0.1, 0.15) is 5.60 Å². The minimum atomic E-state index is -0.409. The van der Waals surface area contributed by atoms with Crippen molar-refractivity contribution in [2.75, 3.05) is 25.5 Å². The molecule has 0 aliphatic carbocycles. The average molecular weight is 459 g/mol. The van der Waals surface area contributed by atoms with E-state index in [0.29, 0.717) is 0 Å². The molecule has 172 valence electrons. The summed E-state index contributed by atoms with van der Waals surface area (Å²) in [6, 6.07) is 19.6. The van der Waals surface area contributed by atoms with Crippen molar-refractivity contribution in [1.29, 1.82) is 0 Å². The summed E-state index contributed by atoms with van der Waals surface area (Å²) in [5, 5.41) is 7.90. The highest BCUT2D eigenvalue weighted by Crippen LogP contribution is 2.23. The maximum Gasteiger partial charge on any atom is 0.123 e. The summed E-state index contributed by atoms with van der Waals surface area (Å²) < 4.78 is 5.32. The Labute approximate surface area is 203 Å². The number of thiophene rings is 1.